The largest absolute Gasteiger partial charge is 0.488 e. The molecule has 0 radical (unpaired) electrons. The van der Waals surface area contributed by atoms with Gasteiger partial charge in [0.1, 0.15) is 12.4 Å². The summed E-state index contributed by atoms with van der Waals surface area (Å²) in [5.41, 5.74) is 4.57. The first-order valence-electron chi connectivity index (χ1n) is 10.7. The fraction of sp³-hybridized carbons (Fsp3) is 0.0741. The maximum Gasteiger partial charge on any atom is 0.273 e. The minimum absolute atomic E-state index is 0.117. The summed E-state index contributed by atoms with van der Waals surface area (Å²) >= 11 is 0. The van der Waals surface area contributed by atoms with Crippen LogP contribution in [0.4, 0.5) is 5.69 Å². The third-order valence-electron chi connectivity index (χ3n) is 5.37. The number of para-hydroxylation sites is 1. The van der Waals surface area contributed by atoms with Gasteiger partial charge in [0.05, 0.1) is 29.2 Å². The average molecular weight is 464 g/mol. The van der Waals surface area contributed by atoms with Gasteiger partial charge < -0.3 is 4.74 Å². The smallest absolute Gasteiger partial charge is 0.273 e. The van der Waals surface area contributed by atoms with Crippen LogP contribution >= 0.6 is 0 Å². The summed E-state index contributed by atoms with van der Waals surface area (Å²) in [5.74, 6) is 0.0503. The van der Waals surface area contributed by atoms with Gasteiger partial charge in [-0.15, -0.1) is 0 Å². The number of fused-ring (bicyclic) bond motifs is 1. The Morgan fingerprint density at radius 3 is 2.51 bits per heavy atom. The molecule has 0 aliphatic heterocycles. The zero-order valence-electron chi connectivity index (χ0n) is 18.5. The lowest BCUT2D eigenvalue weighted by atomic mass is 10.0. The SMILES string of the molecule is N#Cc1ccccc1COc1ccc2ccccc2c1/C=N/NC(=O)Cc1ccccc1[N+](=O)[O-]. The van der Waals surface area contributed by atoms with E-state index in [4.69, 9.17) is 4.74 Å². The van der Waals surface area contributed by atoms with Gasteiger partial charge in [0.2, 0.25) is 5.91 Å². The predicted molar refractivity (Wildman–Crippen MR) is 132 cm³/mol. The number of ether oxygens (including phenoxy) is 1. The molecular weight excluding hydrogens is 444 g/mol. The molecular formula is C27H20N4O4. The molecule has 0 heterocycles. The van der Waals surface area contributed by atoms with Crippen molar-refractivity contribution in [1.82, 2.24) is 5.43 Å². The fourth-order valence-electron chi connectivity index (χ4n) is 3.67. The molecule has 8 heteroatoms. The van der Waals surface area contributed by atoms with Crippen LogP contribution in [-0.4, -0.2) is 17.0 Å². The van der Waals surface area contributed by atoms with Crippen molar-refractivity contribution in [2.24, 2.45) is 5.10 Å². The Kier molecular flexibility index (Phi) is 7.09. The van der Waals surface area contributed by atoms with Gasteiger partial charge in [0.25, 0.3) is 5.69 Å². The highest BCUT2D eigenvalue weighted by Crippen LogP contribution is 2.28. The van der Waals surface area contributed by atoms with Gasteiger partial charge in [-0.1, -0.05) is 66.7 Å². The normalized spacial score (nSPS) is 10.7. The molecule has 172 valence electrons. The summed E-state index contributed by atoms with van der Waals surface area (Å²) in [6, 6.07) is 26.9. The van der Waals surface area contributed by atoms with Crippen LogP contribution in [-0.2, 0) is 17.8 Å². The standard InChI is InChI=1S/C27H20N4O4/c28-16-21-9-1-2-10-22(21)18-35-26-14-13-19-7-3-5-11-23(19)24(26)17-29-30-27(32)15-20-8-4-6-12-25(20)31(33)34/h1-14,17H,15,18H2,(H,30,32)/b29-17+. The molecule has 0 atom stereocenters. The lowest BCUT2D eigenvalue weighted by molar-refractivity contribution is -0.385. The predicted octanol–water partition coefficient (Wildman–Crippen LogP) is 4.89. The Balaban J connectivity index is 1.55. The number of benzene rings is 4. The second-order valence-electron chi connectivity index (χ2n) is 7.61. The fourth-order valence-corrected chi connectivity index (χ4v) is 3.67. The van der Waals surface area contributed by atoms with Gasteiger partial charge >= 0.3 is 0 Å². The molecule has 8 nitrogen and oxygen atoms in total. The summed E-state index contributed by atoms with van der Waals surface area (Å²) < 4.78 is 6.04. The molecule has 0 bridgehead atoms. The Bertz CT molecular complexity index is 1470. The maximum absolute atomic E-state index is 12.4. The lowest BCUT2D eigenvalue weighted by Crippen LogP contribution is -2.20. The molecule has 4 rings (SSSR count). The quantitative estimate of drug-likeness (QED) is 0.226. The van der Waals surface area contributed by atoms with Crippen molar-refractivity contribution in [2.75, 3.05) is 0 Å². The molecule has 0 aliphatic rings. The van der Waals surface area contributed by atoms with E-state index in [9.17, 15) is 20.2 Å². The molecule has 0 saturated carbocycles. The van der Waals surface area contributed by atoms with E-state index in [0.29, 0.717) is 22.4 Å². The number of nitriles is 1. The van der Waals surface area contributed by atoms with Crippen LogP contribution in [0.25, 0.3) is 10.8 Å². The highest BCUT2D eigenvalue weighted by molar-refractivity contribution is 6.02. The molecule has 0 fully saturated rings. The van der Waals surface area contributed by atoms with Gasteiger partial charge in [0, 0.05) is 22.8 Å². The second-order valence-corrected chi connectivity index (χ2v) is 7.61. The monoisotopic (exact) mass is 464 g/mol. The van der Waals surface area contributed by atoms with Crippen molar-refractivity contribution >= 4 is 28.6 Å². The minimum Gasteiger partial charge on any atom is -0.488 e. The number of hydrogen-bond donors (Lipinski definition) is 1. The first-order chi connectivity index (χ1) is 17.1. The van der Waals surface area contributed by atoms with E-state index >= 15 is 0 Å². The van der Waals surface area contributed by atoms with Crippen molar-refractivity contribution in [1.29, 1.82) is 5.26 Å². The molecule has 0 saturated heterocycles. The van der Waals surface area contributed by atoms with Crippen LogP contribution in [0.3, 0.4) is 0 Å². The summed E-state index contributed by atoms with van der Waals surface area (Å²) in [6.07, 6.45) is 1.31. The summed E-state index contributed by atoms with van der Waals surface area (Å²) in [5, 5.41) is 26.4. The molecule has 0 aliphatic carbocycles. The number of nitrogens with zero attached hydrogens (tertiary/aromatic N) is 3. The first-order valence-corrected chi connectivity index (χ1v) is 10.7. The van der Waals surface area contributed by atoms with Crippen LogP contribution in [0.1, 0.15) is 22.3 Å². The second kappa shape index (κ2) is 10.7. The van der Waals surface area contributed by atoms with Crippen LogP contribution in [0, 0.1) is 21.4 Å². The minimum atomic E-state index is -0.518. The Hall–Kier alpha value is -5.03. The average Bonchev–Trinajstić information content (AvgIpc) is 2.88. The van der Waals surface area contributed by atoms with Gasteiger partial charge in [-0.05, 0) is 22.9 Å². The first kappa shape index (κ1) is 23.1. The zero-order chi connectivity index (χ0) is 24.6. The zero-order valence-corrected chi connectivity index (χ0v) is 18.5. The van der Waals surface area contributed by atoms with Crippen LogP contribution in [0.2, 0.25) is 0 Å². The van der Waals surface area contributed by atoms with Gasteiger partial charge in [-0.25, -0.2) is 5.43 Å². The van der Waals surface area contributed by atoms with E-state index in [2.05, 4.69) is 16.6 Å². The van der Waals surface area contributed by atoms with E-state index in [-0.39, 0.29) is 18.7 Å². The number of nitro groups is 1. The Morgan fingerprint density at radius 1 is 1.00 bits per heavy atom. The third-order valence-corrected chi connectivity index (χ3v) is 5.37. The van der Waals surface area contributed by atoms with Gasteiger partial charge in [0.15, 0.2) is 0 Å². The van der Waals surface area contributed by atoms with Crippen molar-refractivity contribution in [3.05, 3.63) is 117 Å². The van der Waals surface area contributed by atoms with Gasteiger partial charge in [-0.3, -0.25) is 14.9 Å². The van der Waals surface area contributed by atoms with E-state index < -0.39 is 10.8 Å². The molecule has 35 heavy (non-hydrogen) atoms. The summed E-state index contributed by atoms with van der Waals surface area (Å²) in [7, 11) is 0. The van der Waals surface area contributed by atoms with Crippen molar-refractivity contribution in [3.63, 3.8) is 0 Å². The van der Waals surface area contributed by atoms with Crippen LogP contribution in [0.5, 0.6) is 5.75 Å². The third kappa shape index (κ3) is 5.49. The lowest BCUT2D eigenvalue weighted by Gasteiger charge is -2.12. The maximum atomic E-state index is 12.4. The number of nitrogens with one attached hydrogen (secondary N) is 1. The van der Waals surface area contributed by atoms with Crippen LogP contribution < -0.4 is 10.2 Å². The Labute approximate surface area is 201 Å². The number of carbonyl (C=O) groups excluding carboxylic acids is 1. The molecule has 0 unspecified atom stereocenters. The molecule has 0 spiro atoms. The number of hydrazone groups is 1. The number of rotatable bonds is 8. The van der Waals surface area contributed by atoms with Crippen molar-refractivity contribution < 1.29 is 14.5 Å². The molecule has 1 N–H and O–H groups in total. The van der Waals surface area contributed by atoms with E-state index in [1.807, 2.05) is 48.5 Å². The topological polar surface area (TPSA) is 118 Å². The van der Waals surface area contributed by atoms with E-state index in [1.165, 1.54) is 18.3 Å². The number of amides is 1. The highest BCUT2D eigenvalue weighted by Gasteiger charge is 2.15. The van der Waals surface area contributed by atoms with Crippen molar-refractivity contribution in [3.8, 4) is 11.8 Å². The van der Waals surface area contributed by atoms with E-state index in [0.717, 1.165) is 16.3 Å². The highest BCUT2D eigenvalue weighted by atomic mass is 16.6. The molecule has 4 aromatic carbocycles. The van der Waals surface area contributed by atoms with E-state index in [1.54, 1.807) is 24.3 Å². The van der Waals surface area contributed by atoms with Crippen LogP contribution in [0.15, 0.2) is 90.0 Å². The number of nitro benzene ring substituents is 1. The molecule has 1 amide bonds. The molecule has 0 aromatic heterocycles. The molecule has 4 aromatic rings. The van der Waals surface area contributed by atoms with Gasteiger partial charge in [-0.2, -0.15) is 10.4 Å². The summed E-state index contributed by atoms with van der Waals surface area (Å²) in [6.45, 7) is 0.187. The Morgan fingerprint density at radius 2 is 1.71 bits per heavy atom. The number of carbonyl (C=O) groups is 1. The number of hydrogen-bond acceptors (Lipinski definition) is 6. The van der Waals surface area contributed by atoms with Crippen molar-refractivity contribution in [2.45, 2.75) is 13.0 Å². The summed E-state index contributed by atoms with van der Waals surface area (Å²) in [4.78, 5) is 23.1.